The highest BCUT2D eigenvalue weighted by Gasteiger charge is 2.31. The van der Waals surface area contributed by atoms with Gasteiger partial charge in [-0.25, -0.2) is 13.1 Å². The van der Waals surface area contributed by atoms with E-state index in [1.165, 1.54) is 0 Å². The molecule has 1 atom stereocenters. The lowest BCUT2D eigenvalue weighted by atomic mass is 10.0. The molecule has 25 heavy (non-hydrogen) atoms. The van der Waals surface area contributed by atoms with E-state index in [4.69, 9.17) is 4.74 Å². The molecule has 2 heterocycles. The van der Waals surface area contributed by atoms with Crippen LogP contribution < -0.4 is 10.0 Å². The summed E-state index contributed by atoms with van der Waals surface area (Å²) in [6.45, 7) is 4.90. The topological polar surface area (TPSA) is 108 Å². The Hall–Kier alpha value is -1.23. The van der Waals surface area contributed by atoms with Crippen molar-refractivity contribution in [3.8, 4) is 0 Å². The molecule has 0 aromatic carbocycles. The van der Waals surface area contributed by atoms with E-state index in [1.54, 1.807) is 11.8 Å². The Bertz CT molecular complexity index is 568. The summed E-state index contributed by atoms with van der Waals surface area (Å²) in [6.07, 6.45) is 1.68. The van der Waals surface area contributed by atoms with E-state index in [1.807, 2.05) is 4.90 Å². The molecular formula is C15H28N4O5S. The van der Waals surface area contributed by atoms with Crippen LogP contribution in [0.15, 0.2) is 0 Å². The maximum Gasteiger partial charge on any atom is 0.237 e. The number of nitrogens with zero attached hydrogens (tertiary/aromatic N) is 2. The van der Waals surface area contributed by atoms with Crippen molar-refractivity contribution in [3.05, 3.63) is 0 Å². The number of carbonyl (C=O) groups is 2. The van der Waals surface area contributed by atoms with Gasteiger partial charge in [0.25, 0.3) is 0 Å². The number of amides is 2. The standard InChI is InChI=1S/C15H28N4O5S/c1-2-24-8-9-25(22,23)17-11-14(20)18-6-3-4-13(12-18)19-7-5-16-10-15(19)21/h13,16-17H,2-12H2,1H3. The maximum absolute atomic E-state index is 12.3. The Kier molecular flexibility index (Phi) is 7.60. The second-order valence-corrected chi connectivity index (χ2v) is 8.16. The van der Waals surface area contributed by atoms with Gasteiger partial charge in [0, 0.05) is 38.8 Å². The molecule has 1 unspecified atom stereocenters. The van der Waals surface area contributed by atoms with Crippen LogP contribution in [-0.4, -0.2) is 94.3 Å². The smallest absolute Gasteiger partial charge is 0.237 e. The van der Waals surface area contributed by atoms with Gasteiger partial charge in [0.15, 0.2) is 0 Å². The van der Waals surface area contributed by atoms with E-state index >= 15 is 0 Å². The van der Waals surface area contributed by atoms with Gasteiger partial charge < -0.3 is 19.9 Å². The number of ether oxygens (including phenoxy) is 1. The first-order chi connectivity index (χ1) is 11.9. The molecular weight excluding hydrogens is 348 g/mol. The number of hydrogen-bond acceptors (Lipinski definition) is 6. The van der Waals surface area contributed by atoms with Crippen molar-refractivity contribution in [2.24, 2.45) is 0 Å². The van der Waals surface area contributed by atoms with E-state index < -0.39 is 10.0 Å². The largest absolute Gasteiger partial charge is 0.381 e. The lowest BCUT2D eigenvalue weighted by molar-refractivity contribution is -0.139. The molecule has 2 aliphatic rings. The number of carbonyl (C=O) groups excluding carboxylic acids is 2. The van der Waals surface area contributed by atoms with Gasteiger partial charge in [0.1, 0.15) is 0 Å². The summed E-state index contributed by atoms with van der Waals surface area (Å²) in [4.78, 5) is 27.8. The number of piperidine rings is 1. The van der Waals surface area contributed by atoms with Crippen molar-refractivity contribution in [3.63, 3.8) is 0 Å². The second kappa shape index (κ2) is 9.46. The van der Waals surface area contributed by atoms with E-state index in [0.29, 0.717) is 32.8 Å². The average Bonchev–Trinajstić information content (AvgIpc) is 2.60. The van der Waals surface area contributed by atoms with Gasteiger partial charge in [-0.15, -0.1) is 0 Å². The average molecular weight is 376 g/mol. The predicted molar refractivity (Wildman–Crippen MR) is 92.5 cm³/mol. The molecule has 0 saturated carbocycles. The number of likely N-dealkylation sites (tertiary alicyclic amines) is 1. The van der Waals surface area contributed by atoms with Gasteiger partial charge in [0.05, 0.1) is 25.4 Å². The molecule has 0 aromatic heterocycles. The number of nitrogens with one attached hydrogen (secondary N) is 2. The lowest BCUT2D eigenvalue weighted by Crippen LogP contribution is -2.58. The zero-order valence-corrected chi connectivity index (χ0v) is 15.5. The van der Waals surface area contributed by atoms with Crippen LogP contribution in [-0.2, 0) is 24.3 Å². The fourth-order valence-electron chi connectivity index (χ4n) is 3.11. The van der Waals surface area contributed by atoms with Crippen LogP contribution in [0.2, 0.25) is 0 Å². The third-order valence-electron chi connectivity index (χ3n) is 4.46. The number of hydrogen-bond donors (Lipinski definition) is 2. The molecule has 0 spiro atoms. The maximum atomic E-state index is 12.3. The van der Waals surface area contributed by atoms with E-state index in [2.05, 4.69) is 10.0 Å². The minimum absolute atomic E-state index is 0.0156. The van der Waals surface area contributed by atoms with Crippen molar-refractivity contribution in [1.29, 1.82) is 0 Å². The Morgan fingerprint density at radius 2 is 2.20 bits per heavy atom. The SMILES string of the molecule is CCOCCS(=O)(=O)NCC(=O)N1CCCC(N2CCNCC2=O)C1. The van der Waals surface area contributed by atoms with Crippen LogP contribution in [0.1, 0.15) is 19.8 Å². The molecule has 2 rings (SSSR count). The number of sulfonamides is 1. The Labute approximate surface area is 149 Å². The molecule has 2 saturated heterocycles. The minimum atomic E-state index is -3.53. The molecule has 0 aromatic rings. The summed E-state index contributed by atoms with van der Waals surface area (Å²) in [5.41, 5.74) is 0. The normalized spacial score (nSPS) is 22.3. The first-order valence-corrected chi connectivity index (χ1v) is 10.4. The van der Waals surface area contributed by atoms with E-state index in [-0.39, 0.29) is 36.8 Å². The Morgan fingerprint density at radius 3 is 2.92 bits per heavy atom. The first-order valence-electron chi connectivity index (χ1n) is 8.76. The quantitative estimate of drug-likeness (QED) is 0.492. The summed E-state index contributed by atoms with van der Waals surface area (Å²) >= 11 is 0. The van der Waals surface area contributed by atoms with Crippen LogP contribution in [0.3, 0.4) is 0 Å². The van der Waals surface area contributed by atoms with Crippen LogP contribution in [0.5, 0.6) is 0 Å². The summed E-state index contributed by atoms with van der Waals surface area (Å²) in [7, 11) is -3.53. The molecule has 2 fully saturated rings. The highest BCUT2D eigenvalue weighted by Crippen LogP contribution is 2.17. The van der Waals surface area contributed by atoms with Crippen LogP contribution >= 0.6 is 0 Å². The summed E-state index contributed by atoms with van der Waals surface area (Å²) in [5, 5.41) is 3.04. The Morgan fingerprint density at radius 1 is 1.40 bits per heavy atom. The van der Waals surface area contributed by atoms with Crippen molar-refractivity contribution in [2.45, 2.75) is 25.8 Å². The molecule has 0 aliphatic carbocycles. The lowest BCUT2D eigenvalue weighted by Gasteiger charge is -2.41. The van der Waals surface area contributed by atoms with Gasteiger partial charge in [-0.3, -0.25) is 9.59 Å². The minimum Gasteiger partial charge on any atom is -0.381 e. The van der Waals surface area contributed by atoms with E-state index in [9.17, 15) is 18.0 Å². The fraction of sp³-hybridized carbons (Fsp3) is 0.867. The molecule has 2 N–H and O–H groups in total. The molecule has 2 aliphatic heterocycles. The van der Waals surface area contributed by atoms with E-state index in [0.717, 1.165) is 19.4 Å². The molecule has 0 radical (unpaired) electrons. The molecule has 10 heteroatoms. The van der Waals surface area contributed by atoms with Gasteiger partial charge in [0.2, 0.25) is 21.8 Å². The second-order valence-electron chi connectivity index (χ2n) is 6.24. The zero-order chi connectivity index (χ0) is 18.3. The number of piperazine rings is 1. The van der Waals surface area contributed by atoms with Crippen molar-refractivity contribution in [2.75, 3.05) is 58.2 Å². The van der Waals surface area contributed by atoms with Gasteiger partial charge >= 0.3 is 0 Å². The summed E-state index contributed by atoms with van der Waals surface area (Å²) in [6, 6.07) is 0.0156. The molecule has 9 nitrogen and oxygen atoms in total. The molecule has 0 bridgehead atoms. The molecule has 144 valence electrons. The third kappa shape index (κ3) is 6.21. The van der Waals surface area contributed by atoms with Crippen molar-refractivity contribution < 1.29 is 22.7 Å². The van der Waals surface area contributed by atoms with Crippen LogP contribution in [0.25, 0.3) is 0 Å². The monoisotopic (exact) mass is 376 g/mol. The van der Waals surface area contributed by atoms with Gasteiger partial charge in [-0.05, 0) is 19.8 Å². The third-order valence-corrected chi connectivity index (χ3v) is 5.75. The van der Waals surface area contributed by atoms with Crippen LogP contribution in [0, 0.1) is 0 Å². The van der Waals surface area contributed by atoms with Gasteiger partial charge in [-0.2, -0.15) is 0 Å². The Balaban J connectivity index is 1.82. The highest BCUT2D eigenvalue weighted by atomic mass is 32.2. The predicted octanol–water partition coefficient (Wildman–Crippen LogP) is -1.63. The number of rotatable bonds is 8. The van der Waals surface area contributed by atoms with Crippen molar-refractivity contribution in [1.82, 2.24) is 19.8 Å². The fourth-order valence-corrected chi connectivity index (χ4v) is 3.94. The highest BCUT2D eigenvalue weighted by molar-refractivity contribution is 7.89. The summed E-state index contributed by atoms with van der Waals surface area (Å²) in [5.74, 6) is -0.360. The first kappa shape index (κ1) is 20.1. The zero-order valence-electron chi connectivity index (χ0n) is 14.7. The van der Waals surface area contributed by atoms with Gasteiger partial charge in [-0.1, -0.05) is 0 Å². The summed E-state index contributed by atoms with van der Waals surface area (Å²) < 4.78 is 31.0. The molecule has 2 amide bonds. The van der Waals surface area contributed by atoms with Crippen LogP contribution in [0.4, 0.5) is 0 Å². The van der Waals surface area contributed by atoms with Crippen molar-refractivity contribution >= 4 is 21.8 Å².